The van der Waals surface area contributed by atoms with Crippen molar-refractivity contribution in [1.82, 2.24) is 25.2 Å². The minimum absolute atomic E-state index is 0. The second-order valence-corrected chi connectivity index (χ2v) is 6.28. The van der Waals surface area contributed by atoms with Gasteiger partial charge in [0.05, 0.1) is 19.3 Å². The molecule has 0 spiro atoms. The number of fused-ring (bicyclic) bond motifs is 1. The number of benzene rings is 1. The molecule has 0 aliphatic heterocycles. The van der Waals surface area contributed by atoms with Crippen molar-refractivity contribution in [3.8, 4) is 0 Å². The van der Waals surface area contributed by atoms with Gasteiger partial charge in [-0.2, -0.15) is 0 Å². The largest absolute Gasteiger partial charge is 0.389 e. The molecule has 0 radical (unpaired) electrons. The highest BCUT2D eigenvalue weighted by Crippen LogP contribution is 2.04. The number of halogens is 1. The molecule has 8 nitrogen and oxygen atoms in total. The first-order chi connectivity index (χ1) is 13.8. The van der Waals surface area contributed by atoms with Crippen LogP contribution < -0.4 is 10.6 Å². The van der Waals surface area contributed by atoms with E-state index in [0.29, 0.717) is 32.2 Å². The Morgan fingerprint density at radius 1 is 1.14 bits per heavy atom. The third-order valence-corrected chi connectivity index (χ3v) is 4.03. The quantitative estimate of drug-likeness (QED) is 0.232. The second kappa shape index (κ2) is 12.3. The first kappa shape index (κ1) is 23.0. The van der Waals surface area contributed by atoms with E-state index in [0.717, 1.165) is 17.0 Å². The van der Waals surface area contributed by atoms with Crippen LogP contribution in [0.25, 0.3) is 5.65 Å². The lowest BCUT2D eigenvalue weighted by atomic mass is 10.2. The van der Waals surface area contributed by atoms with Crippen LogP contribution in [-0.2, 0) is 17.9 Å². The number of guanidine groups is 1. The zero-order valence-electron chi connectivity index (χ0n) is 16.4. The van der Waals surface area contributed by atoms with Crippen LogP contribution in [0.15, 0.2) is 59.7 Å². The summed E-state index contributed by atoms with van der Waals surface area (Å²) in [4.78, 5) is 4.53. The van der Waals surface area contributed by atoms with Crippen LogP contribution >= 0.6 is 24.0 Å². The monoisotopic (exact) mass is 510 g/mol. The number of aliphatic hydroxyl groups is 1. The maximum Gasteiger partial charge on any atom is 0.191 e. The van der Waals surface area contributed by atoms with Crippen LogP contribution in [-0.4, -0.2) is 51.5 Å². The Bertz CT molecular complexity index is 887. The molecule has 3 rings (SSSR count). The van der Waals surface area contributed by atoms with Gasteiger partial charge in [0, 0.05) is 19.3 Å². The van der Waals surface area contributed by atoms with Gasteiger partial charge in [-0.15, -0.1) is 34.2 Å². The molecular formula is C20H27IN6O2. The van der Waals surface area contributed by atoms with Gasteiger partial charge < -0.3 is 20.5 Å². The predicted octanol–water partition coefficient (Wildman–Crippen LogP) is 1.98. The summed E-state index contributed by atoms with van der Waals surface area (Å²) in [5.74, 6) is 1.36. The van der Waals surface area contributed by atoms with E-state index in [1.54, 1.807) is 0 Å². The Morgan fingerprint density at radius 2 is 1.93 bits per heavy atom. The SMILES string of the molecule is CCNC(=NCc1nnc2ccccn12)NCC(O)COCc1ccccc1.I. The average molecular weight is 510 g/mol. The fourth-order valence-electron chi connectivity index (χ4n) is 2.65. The normalized spacial score (nSPS) is 12.4. The summed E-state index contributed by atoms with van der Waals surface area (Å²) < 4.78 is 7.47. The number of aromatic nitrogens is 3. The van der Waals surface area contributed by atoms with Crippen LogP contribution in [0.3, 0.4) is 0 Å². The van der Waals surface area contributed by atoms with Crippen molar-refractivity contribution in [2.75, 3.05) is 19.7 Å². The lowest BCUT2D eigenvalue weighted by Gasteiger charge is -2.15. The molecule has 1 atom stereocenters. The smallest absolute Gasteiger partial charge is 0.191 e. The third-order valence-electron chi connectivity index (χ3n) is 4.03. The van der Waals surface area contributed by atoms with Crippen molar-refractivity contribution in [1.29, 1.82) is 0 Å². The first-order valence-electron chi connectivity index (χ1n) is 9.37. The van der Waals surface area contributed by atoms with E-state index in [9.17, 15) is 5.11 Å². The van der Waals surface area contributed by atoms with Gasteiger partial charge in [-0.1, -0.05) is 36.4 Å². The molecule has 0 saturated heterocycles. The number of ether oxygens (including phenoxy) is 1. The zero-order valence-corrected chi connectivity index (χ0v) is 18.7. The van der Waals surface area contributed by atoms with Crippen molar-refractivity contribution >= 4 is 35.6 Å². The standard InChI is InChI=1S/C20H26N6O2.HI/c1-2-21-20(23-13-19-25-24-18-10-6-7-11-26(18)19)22-12-17(27)15-28-14-16-8-4-3-5-9-16;/h3-11,17,27H,2,12-15H2,1H3,(H2,21,22,23);1H. The molecule has 156 valence electrons. The number of hydrogen-bond donors (Lipinski definition) is 3. The molecule has 2 aromatic heterocycles. The van der Waals surface area contributed by atoms with Crippen molar-refractivity contribution < 1.29 is 9.84 Å². The lowest BCUT2D eigenvalue weighted by molar-refractivity contribution is 0.0308. The minimum atomic E-state index is -0.638. The summed E-state index contributed by atoms with van der Waals surface area (Å²) >= 11 is 0. The third kappa shape index (κ3) is 7.26. The Kier molecular flexibility index (Phi) is 9.81. The van der Waals surface area contributed by atoms with E-state index in [4.69, 9.17) is 4.74 Å². The summed E-state index contributed by atoms with van der Waals surface area (Å²) in [5, 5.41) is 24.7. The van der Waals surface area contributed by atoms with Crippen LogP contribution in [0.4, 0.5) is 0 Å². The number of nitrogens with one attached hydrogen (secondary N) is 2. The molecule has 0 aliphatic carbocycles. The van der Waals surface area contributed by atoms with Crippen LogP contribution in [0.2, 0.25) is 0 Å². The Labute approximate surface area is 187 Å². The molecule has 3 aromatic rings. The average Bonchev–Trinajstić information content (AvgIpc) is 3.14. The van der Waals surface area contributed by atoms with Gasteiger partial charge in [-0.3, -0.25) is 4.40 Å². The molecule has 0 bridgehead atoms. The predicted molar refractivity (Wildman–Crippen MR) is 123 cm³/mol. The number of pyridine rings is 1. The van der Waals surface area contributed by atoms with Crippen molar-refractivity contribution in [3.63, 3.8) is 0 Å². The number of nitrogens with zero attached hydrogens (tertiary/aromatic N) is 4. The fraction of sp³-hybridized carbons (Fsp3) is 0.350. The number of hydrogen-bond acceptors (Lipinski definition) is 5. The second-order valence-electron chi connectivity index (χ2n) is 6.28. The van der Waals surface area contributed by atoms with Gasteiger partial charge in [-0.05, 0) is 24.6 Å². The van der Waals surface area contributed by atoms with E-state index in [2.05, 4.69) is 25.8 Å². The summed E-state index contributed by atoms with van der Waals surface area (Å²) in [5.41, 5.74) is 1.87. The van der Waals surface area contributed by atoms with Gasteiger partial charge in [-0.25, -0.2) is 4.99 Å². The lowest BCUT2D eigenvalue weighted by Crippen LogP contribution is -2.42. The van der Waals surface area contributed by atoms with E-state index in [-0.39, 0.29) is 30.6 Å². The molecule has 0 fully saturated rings. The van der Waals surface area contributed by atoms with Gasteiger partial charge in [0.25, 0.3) is 0 Å². The topological polar surface area (TPSA) is 96.1 Å². The summed E-state index contributed by atoms with van der Waals surface area (Å²) in [6.45, 7) is 4.14. The van der Waals surface area contributed by atoms with E-state index >= 15 is 0 Å². The maximum absolute atomic E-state index is 10.1. The van der Waals surface area contributed by atoms with Crippen LogP contribution in [0, 0.1) is 0 Å². The highest BCUT2D eigenvalue weighted by Gasteiger charge is 2.08. The molecule has 1 aromatic carbocycles. The number of rotatable bonds is 9. The molecule has 9 heteroatoms. The molecule has 3 N–H and O–H groups in total. The highest BCUT2D eigenvalue weighted by molar-refractivity contribution is 14.0. The molecule has 0 amide bonds. The van der Waals surface area contributed by atoms with E-state index in [1.165, 1.54) is 0 Å². The van der Waals surface area contributed by atoms with Crippen molar-refractivity contribution in [2.45, 2.75) is 26.2 Å². The Morgan fingerprint density at radius 3 is 2.72 bits per heavy atom. The first-order valence-corrected chi connectivity index (χ1v) is 9.37. The number of aliphatic imine (C=N–C) groups is 1. The molecule has 29 heavy (non-hydrogen) atoms. The molecular weight excluding hydrogens is 483 g/mol. The van der Waals surface area contributed by atoms with Gasteiger partial charge in [0.1, 0.15) is 6.54 Å². The molecule has 0 aliphatic rings. The molecule has 0 saturated carbocycles. The van der Waals surface area contributed by atoms with Crippen molar-refractivity contribution in [2.24, 2.45) is 4.99 Å². The Hall–Kier alpha value is -2.24. The van der Waals surface area contributed by atoms with Crippen molar-refractivity contribution in [3.05, 3.63) is 66.1 Å². The van der Waals surface area contributed by atoms with Gasteiger partial charge >= 0.3 is 0 Å². The maximum atomic E-state index is 10.1. The summed E-state index contributed by atoms with van der Waals surface area (Å²) in [6.07, 6.45) is 1.27. The fourth-order valence-corrected chi connectivity index (χ4v) is 2.65. The Balaban J connectivity index is 0.00000300. The van der Waals surface area contributed by atoms with Gasteiger partial charge in [0.15, 0.2) is 17.4 Å². The van der Waals surface area contributed by atoms with E-state index < -0.39 is 6.10 Å². The summed E-state index contributed by atoms with van der Waals surface area (Å²) in [6, 6.07) is 15.6. The summed E-state index contributed by atoms with van der Waals surface area (Å²) in [7, 11) is 0. The van der Waals surface area contributed by atoms with E-state index in [1.807, 2.05) is 66.1 Å². The zero-order chi connectivity index (χ0) is 19.6. The molecule has 2 heterocycles. The van der Waals surface area contributed by atoms with Gasteiger partial charge in [0.2, 0.25) is 0 Å². The minimum Gasteiger partial charge on any atom is -0.389 e. The number of aliphatic hydroxyl groups excluding tert-OH is 1. The van der Waals surface area contributed by atoms with Crippen LogP contribution in [0.1, 0.15) is 18.3 Å². The molecule has 1 unspecified atom stereocenters. The van der Waals surface area contributed by atoms with Crippen LogP contribution in [0.5, 0.6) is 0 Å². The highest BCUT2D eigenvalue weighted by atomic mass is 127.